The van der Waals surface area contributed by atoms with Crippen molar-refractivity contribution in [3.63, 3.8) is 0 Å². The largest absolute Gasteiger partial charge is 0.380 e. The number of hydrogen-bond donors (Lipinski definition) is 1. The van der Waals surface area contributed by atoms with E-state index < -0.39 is 0 Å². The number of rotatable bonds is 3. The van der Waals surface area contributed by atoms with E-state index in [9.17, 15) is 4.39 Å². The minimum absolute atomic E-state index is 0.262. The second-order valence-corrected chi connectivity index (χ2v) is 6.29. The predicted molar refractivity (Wildman–Crippen MR) is 75.5 cm³/mol. The van der Waals surface area contributed by atoms with Crippen molar-refractivity contribution in [1.82, 2.24) is 0 Å². The van der Waals surface area contributed by atoms with Gasteiger partial charge in [-0.15, -0.1) is 11.3 Å². The molecule has 0 aliphatic rings. The Kier molecular flexibility index (Phi) is 4.07. The molecule has 1 aromatic carbocycles. The Balaban J connectivity index is 2.11. The monoisotopic (exact) mass is 333 g/mol. The van der Waals surface area contributed by atoms with Crippen molar-refractivity contribution in [2.45, 2.75) is 13.5 Å². The first-order chi connectivity index (χ1) is 8.06. The van der Waals surface area contributed by atoms with Crippen LogP contribution in [0.1, 0.15) is 10.4 Å². The Morgan fingerprint density at radius 3 is 2.82 bits per heavy atom. The molecule has 0 atom stereocenters. The molecule has 0 saturated heterocycles. The zero-order valence-electron chi connectivity index (χ0n) is 9.06. The van der Waals surface area contributed by atoms with Gasteiger partial charge in [-0.05, 0) is 52.7 Å². The second kappa shape index (κ2) is 5.38. The molecule has 0 aliphatic carbocycles. The second-order valence-electron chi connectivity index (χ2n) is 3.64. The van der Waals surface area contributed by atoms with E-state index in [1.807, 2.05) is 19.1 Å². The molecule has 5 heteroatoms. The summed E-state index contributed by atoms with van der Waals surface area (Å²) in [5, 5.41) is 3.20. The van der Waals surface area contributed by atoms with Crippen LogP contribution in [0.4, 0.5) is 10.1 Å². The Hall–Kier alpha value is -0.580. The van der Waals surface area contributed by atoms with E-state index in [1.54, 1.807) is 6.07 Å². The van der Waals surface area contributed by atoms with Gasteiger partial charge in [0.15, 0.2) is 0 Å². The van der Waals surface area contributed by atoms with Gasteiger partial charge in [-0.25, -0.2) is 4.39 Å². The minimum Gasteiger partial charge on any atom is -0.380 e. The smallest absolute Gasteiger partial charge is 0.139 e. The molecule has 1 nitrogen and oxygen atoms in total. The van der Waals surface area contributed by atoms with E-state index in [0.29, 0.717) is 11.0 Å². The maximum atomic E-state index is 13.4. The SMILES string of the molecule is Cc1cc(Br)c(F)cc1NCc1ccc(Cl)s1. The van der Waals surface area contributed by atoms with Crippen LogP contribution in [0.25, 0.3) is 0 Å². The van der Waals surface area contributed by atoms with Crippen LogP contribution in [-0.4, -0.2) is 0 Å². The lowest BCUT2D eigenvalue weighted by Crippen LogP contribution is -2.00. The highest BCUT2D eigenvalue weighted by Crippen LogP contribution is 2.26. The highest BCUT2D eigenvalue weighted by atomic mass is 79.9. The standard InChI is InChI=1S/C12H10BrClFNS/c1-7-4-9(13)10(15)5-11(7)16-6-8-2-3-12(14)17-8/h2-5,16H,6H2,1H3. The van der Waals surface area contributed by atoms with Crippen molar-refractivity contribution in [3.8, 4) is 0 Å². The molecule has 0 amide bonds. The van der Waals surface area contributed by atoms with Crippen molar-refractivity contribution in [2.24, 2.45) is 0 Å². The van der Waals surface area contributed by atoms with Crippen molar-refractivity contribution in [1.29, 1.82) is 0 Å². The summed E-state index contributed by atoms with van der Waals surface area (Å²) in [5.74, 6) is -0.262. The summed E-state index contributed by atoms with van der Waals surface area (Å²) in [4.78, 5) is 1.12. The fourth-order valence-electron chi connectivity index (χ4n) is 1.47. The van der Waals surface area contributed by atoms with Gasteiger partial charge in [0.2, 0.25) is 0 Å². The Morgan fingerprint density at radius 2 is 2.18 bits per heavy atom. The lowest BCUT2D eigenvalue weighted by Gasteiger charge is -2.09. The Bertz CT molecular complexity index is 541. The Labute approximate surface area is 117 Å². The first-order valence-electron chi connectivity index (χ1n) is 5.00. The molecule has 17 heavy (non-hydrogen) atoms. The number of benzene rings is 1. The molecule has 1 N–H and O–H groups in total. The number of nitrogens with one attached hydrogen (secondary N) is 1. The maximum Gasteiger partial charge on any atom is 0.139 e. The number of thiophene rings is 1. The summed E-state index contributed by atoms with van der Waals surface area (Å²) in [5.41, 5.74) is 1.80. The van der Waals surface area contributed by atoms with Crippen LogP contribution in [0.2, 0.25) is 4.34 Å². The first-order valence-corrected chi connectivity index (χ1v) is 6.99. The van der Waals surface area contributed by atoms with Gasteiger partial charge in [0, 0.05) is 17.1 Å². The summed E-state index contributed by atoms with van der Waals surface area (Å²) >= 11 is 10.5. The lowest BCUT2D eigenvalue weighted by molar-refractivity contribution is 0.621. The third-order valence-corrected chi connectivity index (χ3v) is 4.19. The fourth-order valence-corrected chi connectivity index (χ4v) is 2.95. The van der Waals surface area contributed by atoms with Crippen LogP contribution >= 0.6 is 38.9 Å². The van der Waals surface area contributed by atoms with Crippen molar-refractivity contribution in [2.75, 3.05) is 5.32 Å². The van der Waals surface area contributed by atoms with E-state index in [2.05, 4.69) is 21.2 Å². The molecular weight excluding hydrogens is 325 g/mol. The predicted octanol–water partition coefficient (Wildman–Crippen LogP) is 5.22. The van der Waals surface area contributed by atoms with E-state index in [0.717, 1.165) is 20.5 Å². The first kappa shape index (κ1) is 12.9. The summed E-state index contributed by atoms with van der Waals surface area (Å²) < 4.78 is 14.6. The van der Waals surface area contributed by atoms with E-state index in [4.69, 9.17) is 11.6 Å². The van der Waals surface area contributed by atoms with E-state index >= 15 is 0 Å². The lowest BCUT2D eigenvalue weighted by atomic mass is 10.2. The molecule has 1 aromatic heterocycles. The number of hydrogen-bond acceptors (Lipinski definition) is 2. The zero-order chi connectivity index (χ0) is 12.4. The van der Waals surface area contributed by atoms with Gasteiger partial charge < -0.3 is 5.32 Å². The molecule has 90 valence electrons. The van der Waals surface area contributed by atoms with Crippen LogP contribution in [0, 0.1) is 12.7 Å². The third kappa shape index (κ3) is 3.21. The molecule has 0 aliphatic heterocycles. The maximum absolute atomic E-state index is 13.4. The summed E-state index contributed by atoms with van der Waals surface area (Å²) in [6.45, 7) is 2.59. The number of aryl methyl sites for hydroxylation is 1. The number of halogens is 3. The van der Waals surface area contributed by atoms with Gasteiger partial charge in [0.25, 0.3) is 0 Å². The van der Waals surface area contributed by atoms with Crippen LogP contribution in [-0.2, 0) is 6.54 Å². The van der Waals surface area contributed by atoms with Crippen LogP contribution in [0.5, 0.6) is 0 Å². The van der Waals surface area contributed by atoms with Gasteiger partial charge in [0.05, 0.1) is 8.81 Å². The topological polar surface area (TPSA) is 12.0 Å². The number of anilines is 1. The zero-order valence-corrected chi connectivity index (χ0v) is 12.2. The average molecular weight is 335 g/mol. The molecule has 0 bridgehead atoms. The summed E-state index contributed by atoms with van der Waals surface area (Å²) in [6, 6.07) is 7.08. The van der Waals surface area contributed by atoms with E-state index in [-0.39, 0.29) is 5.82 Å². The minimum atomic E-state index is -0.262. The molecule has 0 radical (unpaired) electrons. The van der Waals surface area contributed by atoms with Crippen molar-refractivity contribution >= 4 is 44.6 Å². The Morgan fingerprint density at radius 1 is 1.41 bits per heavy atom. The fraction of sp³-hybridized carbons (Fsp3) is 0.167. The molecule has 0 saturated carbocycles. The van der Waals surface area contributed by atoms with Gasteiger partial charge in [-0.1, -0.05) is 11.6 Å². The third-order valence-electron chi connectivity index (χ3n) is 2.35. The van der Waals surface area contributed by atoms with Gasteiger partial charge in [-0.2, -0.15) is 0 Å². The van der Waals surface area contributed by atoms with Gasteiger partial charge >= 0.3 is 0 Å². The van der Waals surface area contributed by atoms with Crippen LogP contribution in [0.3, 0.4) is 0 Å². The highest BCUT2D eigenvalue weighted by molar-refractivity contribution is 9.10. The summed E-state index contributed by atoms with van der Waals surface area (Å²) in [7, 11) is 0. The van der Waals surface area contributed by atoms with Gasteiger partial charge in [-0.3, -0.25) is 0 Å². The molecule has 0 unspecified atom stereocenters. The molecule has 0 spiro atoms. The molecular formula is C12H10BrClFNS. The van der Waals surface area contributed by atoms with E-state index in [1.165, 1.54) is 17.4 Å². The van der Waals surface area contributed by atoms with Gasteiger partial charge in [0.1, 0.15) is 5.82 Å². The van der Waals surface area contributed by atoms with Crippen molar-refractivity contribution in [3.05, 3.63) is 49.3 Å². The molecule has 2 aromatic rings. The average Bonchev–Trinajstić information content (AvgIpc) is 2.68. The van der Waals surface area contributed by atoms with Crippen molar-refractivity contribution < 1.29 is 4.39 Å². The van der Waals surface area contributed by atoms with Crippen LogP contribution < -0.4 is 5.32 Å². The molecule has 0 fully saturated rings. The summed E-state index contributed by atoms with van der Waals surface area (Å²) in [6.07, 6.45) is 0. The molecule has 1 heterocycles. The molecule has 2 rings (SSSR count). The quantitative estimate of drug-likeness (QED) is 0.811. The van der Waals surface area contributed by atoms with Crippen LogP contribution in [0.15, 0.2) is 28.7 Å². The highest BCUT2D eigenvalue weighted by Gasteiger charge is 2.05. The normalized spacial score (nSPS) is 10.6.